The van der Waals surface area contributed by atoms with E-state index < -0.39 is 6.10 Å². The summed E-state index contributed by atoms with van der Waals surface area (Å²) in [6.07, 6.45) is 17.0. The molecule has 0 saturated heterocycles. The van der Waals surface area contributed by atoms with Gasteiger partial charge >= 0.3 is 17.6 Å². The van der Waals surface area contributed by atoms with Crippen molar-refractivity contribution >= 4 is 51.3 Å². The molecular weight excluding hydrogens is 739 g/mol. The molecule has 3 aromatic carbocycles. The highest BCUT2D eigenvalue weighted by Crippen LogP contribution is 2.26. The number of nitrogens with one attached hydrogen (secondary N) is 1. The summed E-state index contributed by atoms with van der Waals surface area (Å²) in [4.78, 5) is 49.6. The maximum absolute atomic E-state index is 12.3. The Balaban J connectivity index is 0.885. The van der Waals surface area contributed by atoms with Crippen molar-refractivity contribution in [3.8, 4) is 0 Å². The SMILES string of the molecule is Cc1cc(=O)oc2cc(SCCCCCCCCCC(=O)OC[C@H](CO)OC(=O)CCCCCCCCCCCNC(=O)Cc3ccc4ccccc4c3)ccc12. The zero-order valence-corrected chi connectivity index (χ0v) is 34.7. The van der Waals surface area contributed by atoms with Gasteiger partial charge in [0, 0.05) is 35.7 Å². The van der Waals surface area contributed by atoms with Gasteiger partial charge < -0.3 is 24.3 Å². The molecule has 0 spiro atoms. The van der Waals surface area contributed by atoms with E-state index in [9.17, 15) is 24.3 Å². The van der Waals surface area contributed by atoms with Gasteiger partial charge in [-0.3, -0.25) is 14.4 Å². The Morgan fingerprint density at radius 1 is 0.719 bits per heavy atom. The molecule has 1 aromatic heterocycles. The van der Waals surface area contributed by atoms with E-state index in [1.807, 2.05) is 37.3 Å². The Morgan fingerprint density at radius 3 is 2.05 bits per heavy atom. The molecule has 10 heteroatoms. The molecule has 1 amide bonds. The van der Waals surface area contributed by atoms with Gasteiger partial charge in [-0.2, -0.15) is 0 Å². The van der Waals surface area contributed by atoms with E-state index >= 15 is 0 Å². The summed E-state index contributed by atoms with van der Waals surface area (Å²) in [6.45, 7) is 2.13. The molecule has 0 aliphatic heterocycles. The van der Waals surface area contributed by atoms with Gasteiger partial charge in [-0.1, -0.05) is 120 Å². The third-order valence-electron chi connectivity index (χ3n) is 10.2. The number of aryl methyl sites for hydroxylation is 1. The smallest absolute Gasteiger partial charge is 0.336 e. The van der Waals surface area contributed by atoms with Gasteiger partial charge in [0.05, 0.1) is 13.0 Å². The lowest BCUT2D eigenvalue weighted by Gasteiger charge is -2.15. The number of esters is 2. The number of aliphatic hydroxyl groups excluding tert-OH is 1. The fourth-order valence-electron chi connectivity index (χ4n) is 6.92. The zero-order chi connectivity index (χ0) is 40.5. The molecule has 0 bridgehead atoms. The molecule has 0 aliphatic carbocycles. The van der Waals surface area contributed by atoms with Gasteiger partial charge in [0.2, 0.25) is 5.91 Å². The minimum absolute atomic E-state index is 0.0702. The summed E-state index contributed by atoms with van der Waals surface area (Å²) in [5.74, 6) is 0.385. The van der Waals surface area contributed by atoms with Gasteiger partial charge in [-0.25, -0.2) is 4.79 Å². The first kappa shape index (κ1) is 45.6. The molecule has 4 rings (SSSR count). The first-order valence-electron chi connectivity index (χ1n) is 21.2. The van der Waals surface area contributed by atoms with E-state index in [4.69, 9.17) is 13.9 Å². The van der Waals surface area contributed by atoms with Gasteiger partial charge in [0.15, 0.2) is 6.10 Å². The van der Waals surface area contributed by atoms with Gasteiger partial charge in [0.1, 0.15) is 12.2 Å². The molecule has 0 aliphatic rings. The van der Waals surface area contributed by atoms with Crippen LogP contribution in [0.5, 0.6) is 0 Å². The van der Waals surface area contributed by atoms with Crippen LogP contribution in [0.1, 0.15) is 127 Å². The number of hydrogen-bond acceptors (Lipinski definition) is 9. The van der Waals surface area contributed by atoms with Crippen LogP contribution < -0.4 is 10.9 Å². The van der Waals surface area contributed by atoms with E-state index in [-0.39, 0.29) is 36.7 Å². The van der Waals surface area contributed by atoms with E-state index in [2.05, 4.69) is 35.6 Å². The van der Waals surface area contributed by atoms with Gasteiger partial charge in [-0.15, -0.1) is 11.8 Å². The van der Waals surface area contributed by atoms with Crippen LogP contribution in [0.25, 0.3) is 21.7 Å². The number of ether oxygens (including phenoxy) is 2. The first-order valence-corrected chi connectivity index (χ1v) is 22.2. The Bertz CT molecular complexity index is 1870. The summed E-state index contributed by atoms with van der Waals surface area (Å²) in [5, 5.41) is 16.0. The van der Waals surface area contributed by atoms with Crippen molar-refractivity contribution < 1.29 is 33.4 Å². The summed E-state index contributed by atoms with van der Waals surface area (Å²) in [6, 6.07) is 21.9. The predicted molar refractivity (Wildman–Crippen MR) is 230 cm³/mol. The van der Waals surface area contributed by atoms with Crippen molar-refractivity contribution in [2.75, 3.05) is 25.5 Å². The molecule has 9 nitrogen and oxygen atoms in total. The lowest BCUT2D eigenvalue weighted by molar-refractivity contribution is -0.161. The number of carbonyl (C=O) groups excluding carboxylic acids is 3. The van der Waals surface area contributed by atoms with Crippen molar-refractivity contribution in [3.05, 3.63) is 88.3 Å². The molecule has 57 heavy (non-hydrogen) atoms. The van der Waals surface area contributed by atoms with Crippen LogP contribution in [0.2, 0.25) is 0 Å². The second kappa shape index (κ2) is 26.7. The highest BCUT2D eigenvalue weighted by molar-refractivity contribution is 7.99. The quantitative estimate of drug-likeness (QED) is 0.0238. The second-order valence-corrected chi connectivity index (χ2v) is 16.3. The standard InChI is InChI=1S/C47H63NO8S/c1-36-30-47(53)56-43-33-41(26-27-42(36)43)57-29-19-13-9-5-7-10-14-22-45(51)54-35-40(34-49)55-46(52)23-15-11-6-3-2-4-8-12-18-28-48-44(50)32-37-24-25-38-20-16-17-21-39(38)31-37/h16-17,20-21,24-27,30-31,33,40,49H,2-15,18-19,22-23,28-29,32,34-35H2,1H3,(H,48,50)/t40-/m0/s1. The van der Waals surface area contributed by atoms with E-state index in [0.29, 0.717) is 31.4 Å². The lowest BCUT2D eigenvalue weighted by Crippen LogP contribution is -2.28. The monoisotopic (exact) mass is 801 g/mol. The van der Waals surface area contributed by atoms with Crippen molar-refractivity contribution in [3.63, 3.8) is 0 Å². The molecule has 0 fully saturated rings. The minimum atomic E-state index is -0.830. The maximum atomic E-state index is 12.3. The van der Waals surface area contributed by atoms with Crippen molar-refractivity contribution in [1.29, 1.82) is 0 Å². The third-order valence-corrected chi connectivity index (χ3v) is 11.3. The van der Waals surface area contributed by atoms with E-state index in [0.717, 1.165) is 129 Å². The molecule has 1 heterocycles. The lowest BCUT2D eigenvalue weighted by atomic mass is 10.0. The number of benzene rings is 3. The predicted octanol–water partition coefficient (Wildman–Crippen LogP) is 10.2. The number of aliphatic hydroxyl groups is 1. The van der Waals surface area contributed by atoms with Crippen LogP contribution in [0, 0.1) is 6.92 Å². The first-order chi connectivity index (χ1) is 27.8. The van der Waals surface area contributed by atoms with Gasteiger partial charge in [-0.05, 0) is 78.5 Å². The van der Waals surface area contributed by atoms with Gasteiger partial charge in [0.25, 0.3) is 0 Å². The molecule has 1 atom stereocenters. The average Bonchev–Trinajstić information content (AvgIpc) is 3.20. The number of amides is 1. The molecule has 0 radical (unpaired) electrons. The fraction of sp³-hybridized carbons (Fsp3) is 0.532. The number of unbranched alkanes of at least 4 members (excludes halogenated alkanes) is 14. The Labute approximate surface area is 342 Å². The highest BCUT2D eigenvalue weighted by Gasteiger charge is 2.16. The molecule has 0 unspecified atom stereocenters. The number of hydrogen-bond donors (Lipinski definition) is 2. The van der Waals surface area contributed by atoms with Crippen LogP contribution >= 0.6 is 11.8 Å². The minimum Gasteiger partial charge on any atom is -0.462 e. The molecule has 0 saturated carbocycles. The van der Waals surface area contributed by atoms with Crippen LogP contribution in [-0.4, -0.2) is 54.6 Å². The van der Waals surface area contributed by atoms with Crippen LogP contribution in [-0.2, 0) is 30.3 Å². The number of fused-ring (bicyclic) bond motifs is 2. The van der Waals surface area contributed by atoms with Crippen molar-refractivity contribution in [1.82, 2.24) is 5.32 Å². The molecular formula is C47H63NO8S. The third kappa shape index (κ3) is 18.3. The molecule has 2 N–H and O–H groups in total. The summed E-state index contributed by atoms with van der Waals surface area (Å²) >= 11 is 1.78. The Kier molecular flexibility index (Phi) is 21.3. The van der Waals surface area contributed by atoms with E-state index in [1.165, 1.54) is 17.9 Å². The number of rotatable bonds is 29. The molecule has 4 aromatic rings. The zero-order valence-electron chi connectivity index (χ0n) is 33.9. The normalized spacial score (nSPS) is 11.8. The topological polar surface area (TPSA) is 132 Å². The Morgan fingerprint density at radius 2 is 1.35 bits per heavy atom. The second-order valence-electron chi connectivity index (χ2n) is 15.1. The average molecular weight is 802 g/mol. The van der Waals surface area contributed by atoms with Crippen LogP contribution in [0.4, 0.5) is 0 Å². The largest absolute Gasteiger partial charge is 0.462 e. The van der Waals surface area contributed by atoms with Crippen LogP contribution in [0.15, 0.2) is 80.8 Å². The number of carbonyl (C=O) groups is 3. The summed E-state index contributed by atoms with van der Waals surface area (Å²) < 4.78 is 16.0. The van der Waals surface area contributed by atoms with Crippen molar-refractivity contribution in [2.45, 2.75) is 140 Å². The summed E-state index contributed by atoms with van der Waals surface area (Å²) in [7, 11) is 0. The highest BCUT2D eigenvalue weighted by atomic mass is 32.2. The maximum Gasteiger partial charge on any atom is 0.336 e. The summed E-state index contributed by atoms with van der Waals surface area (Å²) in [5.41, 5.74) is 2.29. The Hall–Kier alpha value is -4.15. The fourth-order valence-corrected chi connectivity index (χ4v) is 7.86. The van der Waals surface area contributed by atoms with E-state index in [1.54, 1.807) is 11.8 Å². The van der Waals surface area contributed by atoms with Crippen LogP contribution in [0.3, 0.4) is 0 Å². The van der Waals surface area contributed by atoms with Crippen molar-refractivity contribution in [2.24, 2.45) is 0 Å². The number of thioether (sulfide) groups is 1. The molecule has 310 valence electrons.